The number of benzene rings is 2. The van der Waals surface area contributed by atoms with Crippen LogP contribution in [-0.2, 0) is 5.60 Å². The second-order valence-corrected chi connectivity index (χ2v) is 7.70. The van der Waals surface area contributed by atoms with Crippen LogP contribution < -0.4 is 5.32 Å². The van der Waals surface area contributed by atoms with E-state index in [-0.39, 0.29) is 36.9 Å². The van der Waals surface area contributed by atoms with E-state index in [4.69, 9.17) is 0 Å². The second kappa shape index (κ2) is 6.91. The van der Waals surface area contributed by atoms with E-state index in [0.717, 1.165) is 11.0 Å². The minimum Gasteiger partial charge on any atom is -0.381 e. The highest BCUT2D eigenvalue weighted by atomic mass is 19.1. The Hall–Kier alpha value is -2.93. The molecule has 1 atom stereocenters. The number of halogens is 1. The van der Waals surface area contributed by atoms with E-state index in [1.807, 2.05) is 38.1 Å². The average molecular weight is 382 g/mol. The number of fused-ring (bicyclic) bond motifs is 1. The fourth-order valence-corrected chi connectivity index (χ4v) is 3.57. The van der Waals surface area contributed by atoms with Crippen molar-refractivity contribution in [2.75, 3.05) is 13.1 Å². The number of hydrogen-bond donors (Lipinski definition) is 3. The minimum atomic E-state index is -1.14. The quantitative estimate of drug-likeness (QED) is 0.648. The van der Waals surface area contributed by atoms with E-state index >= 15 is 0 Å². The number of hydrogen-bond acceptors (Lipinski definition) is 3. The molecule has 2 heterocycles. The van der Waals surface area contributed by atoms with E-state index in [1.54, 1.807) is 17.0 Å². The third-order valence-electron chi connectivity index (χ3n) is 5.22. The van der Waals surface area contributed by atoms with Gasteiger partial charge >= 0.3 is 6.03 Å². The van der Waals surface area contributed by atoms with Gasteiger partial charge in [0.1, 0.15) is 17.2 Å². The third-order valence-corrected chi connectivity index (χ3v) is 5.22. The van der Waals surface area contributed by atoms with Crippen molar-refractivity contribution in [1.82, 2.24) is 20.2 Å². The topological polar surface area (TPSA) is 81.2 Å². The van der Waals surface area contributed by atoms with Gasteiger partial charge in [-0.1, -0.05) is 38.1 Å². The molecule has 2 aromatic carbocycles. The maximum absolute atomic E-state index is 13.1. The van der Waals surface area contributed by atoms with Gasteiger partial charge in [0.2, 0.25) is 0 Å². The zero-order valence-electron chi connectivity index (χ0n) is 15.8. The van der Waals surface area contributed by atoms with Crippen LogP contribution in [0.1, 0.15) is 31.3 Å². The van der Waals surface area contributed by atoms with Crippen molar-refractivity contribution in [1.29, 1.82) is 0 Å². The Morgan fingerprint density at radius 2 is 1.89 bits per heavy atom. The molecule has 0 saturated carbocycles. The van der Waals surface area contributed by atoms with E-state index in [0.29, 0.717) is 11.4 Å². The molecule has 0 aliphatic carbocycles. The Bertz CT molecular complexity index is 960. The first-order chi connectivity index (χ1) is 13.4. The molecule has 146 valence electrons. The van der Waals surface area contributed by atoms with Crippen molar-refractivity contribution >= 4 is 17.1 Å². The Morgan fingerprint density at radius 3 is 2.54 bits per heavy atom. The number of aliphatic hydroxyl groups is 1. The number of imidazole rings is 1. The van der Waals surface area contributed by atoms with Crippen LogP contribution in [0.15, 0.2) is 48.5 Å². The van der Waals surface area contributed by atoms with Crippen molar-refractivity contribution in [3.05, 3.63) is 65.7 Å². The number of aromatic nitrogens is 2. The van der Waals surface area contributed by atoms with Crippen molar-refractivity contribution in [2.24, 2.45) is 5.92 Å². The van der Waals surface area contributed by atoms with Crippen molar-refractivity contribution in [3.8, 4) is 0 Å². The number of aromatic amines is 1. The summed E-state index contributed by atoms with van der Waals surface area (Å²) in [6, 6.07) is 12.9. The number of likely N-dealkylation sites (tertiary alicyclic amines) is 1. The van der Waals surface area contributed by atoms with Crippen LogP contribution in [0.4, 0.5) is 9.18 Å². The fourth-order valence-electron chi connectivity index (χ4n) is 3.57. The van der Waals surface area contributed by atoms with Gasteiger partial charge in [0.25, 0.3) is 0 Å². The standard InChI is InChI=1S/C21H23FN4O2/c1-13(2)18(19-23-16-5-3-4-6-17(16)24-19)25-20(27)26-11-21(28,12-26)14-7-9-15(22)10-8-14/h3-10,13,18,28H,11-12H2,1-2H3,(H,23,24)(H,25,27)/t18-/m1/s1. The summed E-state index contributed by atoms with van der Waals surface area (Å²) in [5.74, 6) is 0.479. The monoisotopic (exact) mass is 382 g/mol. The van der Waals surface area contributed by atoms with Crippen LogP contribution in [0, 0.1) is 11.7 Å². The molecule has 1 aromatic heterocycles. The van der Waals surface area contributed by atoms with E-state index in [9.17, 15) is 14.3 Å². The number of nitrogens with zero attached hydrogens (tertiary/aromatic N) is 2. The van der Waals surface area contributed by atoms with Gasteiger partial charge in [0.15, 0.2) is 0 Å². The summed E-state index contributed by atoms with van der Waals surface area (Å²) in [7, 11) is 0. The summed E-state index contributed by atoms with van der Waals surface area (Å²) >= 11 is 0. The zero-order chi connectivity index (χ0) is 19.9. The Labute approximate surface area is 162 Å². The van der Waals surface area contributed by atoms with E-state index in [2.05, 4.69) is 15.3 Å². The van der Waals surface area contributed by atoms with Gasteiger partial charge in [-0.05, 0) is 35.7 Å². The Morgan fingerprint density at radius 1 is 1.21 bits per heavy atom. The first-order valence-electron chi connectivity index (χ1n) is 9.34. The molecule has 0 bridgehead atoms. The molecule has 1 saturated heterocycles. The normalized spacial score (nSPS) is 16.8. The summed E-state index contributed by atoms with van der Waals surface area (Å²) in [5, 5.41) is 13.7. The van der Waals surface area contributed by atoms with Gasteiger partial charge in [-0.15, -0.1) is 0 Å². The number of carbonyl (C=O) groups is 1. The van der Waals surface area contributed by atoms with Crippen LogP contribution in [0.25, 0.3) is 11.0 Å². The molecule has 3 N–H and O–H groups in total. The van der Waals surface area contributed by atoms with Gasteiger partial charge in [-0.2, -0.15) is 0 Å². The molecule has 0 spiro atoms. The lowest BCUT2D eigenvalue weighted by Gasteiger charge is -2.47. The maximum Gasteiger partial charge on any atom is 0.318 e. The number of rotatable bonds is 4. The summed E-state index contributed by atoms with van der Waals surface area (Å²) in [6.07, 6.45) is 0. The molecule has 2 amide bonds. The predicted molar refractivity (Wildman–Crippen MR) is 104 cm³/mol. The first-order valence-corrected chi connectivity index (χ1v) is 9.34. The highest BCUT2D eigenvalue weighted by molar-refractivity contribution is 5.77. The molecule has 4 rings (SSSR count). The number of urea groups is 1. The molecule has 1 aliphatic heterocycles. The number of amides is 2. The SMILES string of the molecule is CC(C)[C@@H](NC(=O)N1CC(O)(c2ccc(F)cc2)C1)c1nc2ccccc2[nH]1. The largest absolute Gasteiger partial charge is 0.381 e. The molecule has 1 aliphatic rings. The second-order valence-electron chi connectivity index (χ2n) is 7.70. The Balaban J connectivity index is 1.45. The van der Waals surface area contributed by atoms with Gasteiger partial charge < -0.3 is 20.3 Å². The van der Waals surface area contributed by atoms with Gasteiger partial charge in [0, 0.05) is 0 Å². The van der Waals surface area contributed by atoms with Gasteiger partial charge in [-0.3, -0.25) is 0 Å². The molecule has 28 heavy (non-hydrogen) atoms. The van der Waals surface area contributed by atoms with Crippen molar-refractivity contribution in [3.63, 3.8) is 0 Å². The van der Waals surface area contributed by atoms with Crippen LogP contribution in [-0.4, -0.2) is 39.1 Å². The lowest BCUT2D eigenvalue weighted by atomic mass is 9.86. The number of H-pyrrole nitrogens is 1. The van der Waals surface area contributed by atoms with Crippen LogP contribution in [0.5, 0.6) is 0 Å². The minimum absolute atomic E-state index is 0.127. The van der Waals surface area contributed by atoms with Crippen LogP contribution in [0.3, 0.4) is 0 Å². The lowest BCUT2D eigenvalue weighted by Crippen LogP contribution is -2.63. The molecule has 3 aromatic rings. The Kier molecular flexibility index (Phi) is 4.55. The number of β-amino-alcohol motifs (C(OH)–C–C–N with tert-alkyl or cyclic N) is 1. The maximum atomic E-state index is 13.1. The first kappa shape index (κ1) is 18.4. The molecule has 0 radical (unpaired) electrons. The highest BCUT2D eigenvalue weighted by Gasteiger charge is 2.45. The lowest BCUT2D eigenvalue weighted by molar-refractivity contribution is -0.0821. The fraction of sp³-hybridized carbons (Fsp3) is 0.333. The molecule has 6 nitrogen and oxygen atoms in total. The number of nitrogens with one attached hydrogen (secondary N) is 2. The molecular weight excluding hydrogens is 359 g/mol. The number of carbonyl (C=O) groups excluding carboxylic acids is 1. The molecular formula is C21H23FN4O2. The highest BCUT2D eigenvalue weighted by Crippen LogP contribution is 2.32. The summed E-state index contributed by atoms with van der Waals surface area (Å²) < 4.78 is 13.1. The van der Waals surface area contributed by atoms with Gasteiger partial charge in [0.05, 0.1) is 30.2 Å². The summed E-state index contributed by atoms with van der Waals surface area (Å²) in [4.78, 5) is 22.1. The molecule has 1 fully saturated rings. The van der Waals surface area contributed by atoms with Crippen molar-refractivity contribution < 1.29 is 14.3 Å². The van der Waals surface area contributed by atoms with Crippen molar-refractivity contribution in [2.45, 2.75) is 25.5 Å². The average Bonchev–Trinajstić information content (AvgIpc) is 3.07. The number of para-hydroxylation sites is 2. The van der Waals surface area contributed by atoms with Crippen LogP contribution >= 0.6 is 0 Å². The molecule has 7 heteroatoms. The zero-order valence-corrected chi connectivity index (χ0v) is 15.8. The smallest absolute Gasteiger partial charge is 0.318 e. The third kappa shape index (κ3) is 3.33. The molecule has 0 unspecified atom stereocenters. The van der Waals surface area contributed by atoms with E-state index in [1.165, 1.54) is 12.1 Å². The summed E-state index contributed by atoms with van der Waals surface area (Å²) in [6.45, 7) is 4.36. The van der Waals surface area contributed by atoms with E-state index < -0.39 is 5.60 Å². The van der Waals surface area contributed by atoms with Gasteiger partial charge in [-0.25, -0.2) is 14.2 Å². The summed E-state index contributed by atoms with van der Waals surface area (Å²) in [5.41, 5.74) is 1.24. The predicted octanol–water partition coefficient (Wildman–Crippen LogP) is 3.31. The van der Waals surface area contributed by atoms with Crippen LogP contribution in [0.2, 0.25) is 0 Å².